The van der Waals surface area contributed by atoms with Crippen molar-refractivity contribution in [3.63, 3.8) is 0 Å². The van der Waals surface area contributed by atoms with Crippen molar-refractivity contribution in [1.82, 2.24) is 0 Å². The van der Waals surface area contributed by atoms with Gasteiger partial charge in [0.1, 0.15) is 12.2 Å². The highest BCUT2D eigenvalue weighted by atomic mass is 35.5. The number of alkyl halides is 3. The predicted octanol–water partition coefficient (Wildman–Crippen LogP) is 5.59. The zero-order chi connectivity index (χ0) is 14.3. The van der Waals surface area contributed by atoms with Crippen LogP contribution in [0.2, 0.25) is 0 Å². The lowest BCUT2D eigenvalue weighted by molar-refractivity contribution is -0.0843. The summed E-state index contributed by atoms with van der Waals surface area (Å²) in [7, 11) is -3.25. The van der Waals surface area contributed by atoms with Crippen molar-refractivity contribution >= 4 is 18.7 Å². The van der Waals surface area contributed by atoms with Gasteiger partial charge < -0.3 is 4.57 Å². The fourth-order valence-corrected chi connectivity index (χ4v) is 5.29. The van der Waals surface area contributed by atoms with Crippen LogP contribution in [0.25, 0.3) is 0 Å². The summed E-state index contributed by atoms with van der Waals surface area (Å²) in [6, 6.07) is 0. The quantitative estimate of drug-likeness (QED) is 0.575. The molecule has 0 atom stereocenters. The van der Waals surface area contributed by atoms with Gasteiger partial charge in [0, 0.05) is 16.1 Å². The van der Waals surface area contributed by atoms with E-state index in [1.807, 2.05) is 0 Å². The van der Waals surface area contributed by atoms with E-state index in [9.17, 15) is 17.7 Å². The average molecular weight is 291 g/mol. The van der Waals surface area contributed by atoms with E-state index >= 15 is 0 Å². The lowest BCUT2D eigenvalue weighted by atomic mass is 10.2. The summed E-state index contributed by atoms with van der Waals surface area (Å²) in [5, 5.41) is -2.83. The minimum absolute atomic E-state index is 0.717. The molecule has 0 aliphatic carbocycles. The highest BCUT2D eigenvalue weighted by Crippen LogP contribution is 2.69. The van der Waals surface area contributed by atoms with Gasteiger partial charge in [0.2, 0.25) is 0 Å². The Morgan fingerprint density at radius 2 is 1.29 bits per heavy atom. The monoisotopic (exact) mass is 290 g/mol. The molecule has 0 aliphatic heterocycles. The molecule has 0 heterocycles. The summed E-state index contributed by atoms with van der Waals surface area (Å²) >= 11 is 5.22. The highest BCUT2D eigenvalue weighted by Gasteiger charge is 2.47. The maximum Gasteiger partial charge on any atom is 0.427 e. The summed E-state index contributed by atoms with van der Waals surface area (Å²) in [4.78, 5) is 0. The van der Waals surface area contributed by atoms with Gasteiger partial charge in [-0.25, -0.2) is 0 Å². The summed E-state index contributed by atoms with van der Waals surface area (Å²) < 4.78 is 50.2. The normalized spacial score (nSPS) is 16.2. The molecule has 6 heteroatoms. The van der Waals surface area contributed by atoms with Gasteiger partial charge in [0.05, 0.1) is 0 Å². The van der Waals surface area contributed by atoms with E-state index < -0.39 is 28.7 Å². The Labute approximate surface area is 106 Å². The van der Waals surface area contributed by atoms with Crippen molar-refractivity contribution in [3.8, 4) is 0 Å². The van der Waals surface area contributed by atoms with E-state index in [1.54, 1.807) is 41.5 Å². The molecule has 0 amide bonds. The van der Waals surface area contributed by atoms with Crippen molar-refractivity contribution in [2.75, 3.05) is 0 Å². The second-order valence-electron chi connectivity index (χ2n) is 5.97. The second kappa shape index (κ2) is 4.62. The molecule has 0 fully saturated rings. The highest BCUT2D eigenvalue weighted by molar-refractivity contribution is 7.70. The molecule has 0 unspecified atom stereocenters. The Hall–Kier alpha value is 0.0500. The summed E-state index contributed by atoms with van der Waals surface area (Å²) in [5.74, 6) is 0.717. The Morgan fingerprint density at radius 1 is 1.00 bits per heavy atom. The standard InChI is InChI=1S/C11H19ClF3OP/c1-9(2,3)17(16,10(4,5)6)7-8(12)11(13,14)15/h7H,1-6H3/b8-7-. The van der Waals surface area contributed by atoms with E-state index in [0.29, 0.717) is 5.82 Å². The van der Waals surface area contributed by atoms with Crippen LogP contribution < -0.4 is 0 Å². The van der Waals surface area contributed by atoms with Gasteiger partial charge in [-0.3, -0.25) is 0 Å². The molecule has 0 aliphatic rings. The van der Waals surface area contributed by atoms with Crippen molar-refractivity contribution in [1.29, 1.82) is 0 Å². The van der Waals surface area contributed by atoms with E-state index in [1.165, 1.54) is 0 Å². The van der Waals surface area contributed by atoms with Crippen molar-refractivity contribution < 1.29 is 17.7 Å². The fraction of sp³-hybridized carbons (Fsp3) is 0.818. The third kappa shape index (κ3) is 3.75. The molecule has 0 aromatic rings. The van der Waals surface area contributed by atoms with Gasteiger partial charge in [-0.2, -0.15) is 13.2 Å². The van der Waals surface area contributed by atoms with E-state index in [0.717, 1.165) is 0 Å². The first-order valence-corrected chi connectivity index (χ1v) is 7.34. The molecular formula is C11H19ClF3OP. The van der Waals surface area contributed by atoms with Gasteiger partial charge in [-0.05, 0) is 0 Å². The molecule has 0 N–H and O–H groups in total. The molecule has 0 aromatic carbocycles. The van der Waals surface area contributed by atoms with E-state index in [2.05, 4.69) is 0 Å². The molecule has 0 aromatic heterocycles. The van der Waals surface area contributed by atoms with Crippen LogP contribution in [-0.4, -0.2) is 16.5 Å². The number of halogens is 4. The second-order valence-corrected chi connectivity index (χ2v) is 10.6. The predicted molar refractivity (Wildman–Crippen MR) is 67.1 cm³/mol. The van der Waals surface area contributed by atoms with Crippen molar-refractivity contribution in [2.45, 2.75) is 58.0 Å². The summed E-state index contributed by atoms with van der Waals surface area (Å²) in [6.07, 6.45) is -4.65. The molecule has 0 rings (SSSR count). The lowest BCUT2D eigenvalue weighted by Crippen LogP contribution is -2.28. The molecular weight excluding hydrogens is 272 g/mol. The van der Waals surface area contributed by atoms with Gasteiger partial charge in [0.25, 0.3) is 0 Å². The average Bonchev–Trinajstić information content (AvgIpc) is 1.97. The molecule has 0 radical (unpaired) electrons. The van der Waals surface area contributed by atoms with E-state index in [-0.39, 0.29) is 0 Å². The van der Waals surface area contributed by atoms with Crippen LogP contribution >= 0.6 is 18.7 Å². The number of hydrogen-bond donors (Lipinski definition) is 0. The lowest BCUT2D eigenvalue weighted by Gasteiger charge is -2.39. The summed E-state index contributed by atoms with van der Waals surface area (Å²) in [5.41, 5.74) is 0. The largest absolute Gasteiger partial charge is 0.427 e. The summed E-state index contributed by atoms with van der Waals surface area (Å²) in [6.45, 7) is 9.98. The van der Waals surface area contributed by atoms with Crippen LogP contribution in [-0.2, 0) is 4.57 Å². The van der Waals surface area contributed by atoms with Crippen LogP contribution in [0.1, 0.15) is 41.5 Å². The number of allylic oxidation sites excluding steroid dienone is 1. The molecule has 0 spiro atoms. The fourth-order valence-electron chi connectivity index (χ4n) is 1.63. The third-order valence-electron chi connectivity index (χ3n) is 2.56. The maximum absolute atomic E-state index is 12.9. The minimum Gasteiger partial charge on any atom is -0.318 e. The Kier molecular flexibility index (Phi) is 4.63. The van der Waals surface area contributed by atoms with Crippen LogP contribution in [0, 0.1) is 0 Å². The molecule has 0 saturated heterocycles. The molecule has 17 heavy (non-hydrogen) atoms. The Bertz CT molecular complexity index is 340. The van der Waals surface area contributed by atoms with Crippen LogP contribution in [0.5, 0.6) is 0 Å². The Morgan fingerprint density at radius 3 is 1.47 bits per heavy atom. The first-order chi connectivity index (χ1) is 7.13. The first-order valence-electron chi connectivity index (χ1n) is 5.18. The zero-order valence-corrected chi connectivity index (χ0v) is 12.6. The third-order valence-corrected chi connectivity index (χ3v) is 7.64. The SMILES string of the molecule is CC(C)(C)P(=O)(/C=C(\Cl)C(F)(F)F)C(C)(C)C. The van der Waals surface area contributed by atoms with Crippen molar-refractivity contribution in [3.05, 3.63) is 10.8 Å². The molecule has 102 valence electrons. The molecule has 0 bridgehead atoms. The molecule has 0 saturated carbocycles. The van der Waals surface area contributed by atoms with Gasteiger partial charge in [-0.1, -0.05) is 53.1 Å². The van der Waals surface area contributed by atoms with Crippen LogP contribution in [0.15, 0.2) is 10.8 Å². The smallest absolute Gasteiger partial charge is 0.318 e. The van der Waals surface area contributed by atoms with Crippen LogP contribution in [0.4, 0.5) is 13.2 Å². The van der Waals surface area contributed by atoms with Gasteiger partial charge in [-0.15, -0.1) is 0 Å². The topological polar surface area (TPSA) is 17.1 Å². The zero-order valence-electron chi connectivity index (χ0n) is 10.9. The maximum atomic E-state index is 12.9. The number of hydrogen-bond acceptors (Lipinski definition) is 1. The van der Waals surface area contributed by atoms with Gasteiger partial charge >= 0.3 is 6.18 Å². The minimum atomic E-state index is -4.65. The number of rotatable bonds is 1. The Balaban J connectivity index is 5.83. The molecule has 1 nitrogen and oxygen atoms in total. The van der Waals surface area contributed by atoms with Gasteiger partial charge in [0.15, 0.2) is 0 Å². The van der Waals surface area contributed by atoms with Crippen molar-refractivity contribution in [2.24, 2.45) is 0 Å². The van der Waals surface area contributed by atoms with Crippen LogP contribution in [0.3, 0.4) is 0 Å². The first kappa shape index (κ1) is 17.1. The van der Waals surface area contributed by atoms with E-state index in [4.69, 9.17) is 11.6 Å².